The summed E-state index contributed by atoms with van der Waals surface area (Å²) in [5, 5.41) is 14.8. The standard InChI is InChI=1S/C20H12N4O4/c25-19(12-5-7-14(8-6-12)24(27)28)20(26)23-16-11-13-3-1-9-21-17(13)18-15(16)4-2-10-22-18/h1-11H,(H,23,26). The summed E-state index contributed by atoms with van der Waals surface area (Å²) in [7, 11) is 0. The number of nitrogens with one attached hydrogen (secondary N) is 1. The highest BCUT2D eigenvalue weighted by Gasteiger charge is 2.19. The van der Waals surface area contributed by atoms with E-state index in [0.717, 1.165) is 5.39 Å². The molecule has 0 aliphatic rings. The Labute approximate surface area is 158 Å². The van der Waals surface area contributed by atoms with Crippen LogP contribution in [0, 0.1) is 10.1 Å². The van der Waals surface area contributed by atoms with Gasteiger partial charge in [-0.1, -0.05) is 6.07 Å². The van der Waals surface area contributed by atoms with Gasteiger partial charge in [0, 0.05) is 40.9 Å². The van der Waals surface area contributed by atoms with Gasteiger partial charge in [-0.05, 0) is 36.4 Å². The number of hydrogen-bond donors (Lipinski definition) is 1. The molecule has 0 aliphatic heterocycles. The number of nitro groups is 1. The van der Waals surface area contributed by atoms with Crippen LogP contribution in [0.15, 0.2) is 67.0 Å². The average Bonchev–Trinajstić information content (AvgIpc) is 2.73. The normalized spacial score (nSPS) is 10.7. The Bertz CT molecular complexity index is 1250. The second-order valence-corrected chi connectivity index (χ2v) is 5.99. The van der Waals surface area contributed by atoms with E-state index in [9.17, 15) is 19.7 Å². The molecule has 1 amide bonds. The second-order valence-electron chi connectivity index (χ2n) is 5.99. The van der Waals surface area contributed by atoms with Crippen molar-refractivity contribution in [3.63, 3.8) is 0 Å². The number of anilines is 1. The molecular weight excluding hydrogens is 360 g/mol. The fourth-order valence-corrected chi connectivity index (χ4v) is 2.92. The number of ketones is 1. The van der Waals surface area contributed by atoms with Crippen LogP contribution in [0.1, 0.15) is 10.4 Å². The Kier molecular flexibility index (Phi) is 4.21. The highest BCUT2D eigenvalue weighted by molar-refractivity contribution is 6.47. The third-order valence-corrected chi connectivity index (χ3v) is 4.26. The number of carbonyl (C=O) groups is 2. The van der Waals surface area contributed by atoms with Gasteiger partial charge < -0.3 is 5.32 Å². The molecule has 0 saturated heterocycles. The number of amides is 1. The maximum absolute atomic E-state index is 12.5. The van der Waals surface area contributed by atoms with Crippen molar-refractivity contribution in [2.24, 2.45) is 0 Å². The fraction of sp³-hybridized carbons (Fsp3) is 0. The Morgan fingerprint density at radius 3 is 2.32 bits per heavy atom. The lowest BCUT2D eigenvalue weighted by Gasteiger charge is -2.10. The zero-order valence-corrected chi connectivity index (χ0v) is 14.3. The van der Waals surface area contributed by atoms with Crippen LogP contribution in [0.2, 0.25) is 0 Å². The van der Waals surface area contributed by atoms with Gasteiger partial charge in [0.15, 0.2) is 0 Å². The first-order valence-corrected chi connectivity index (χ1v) is 8.27. The van der Waals surface area contributed by atoms with Crippen molar-refractivity contribution in [3.05, 3.63) is 82.7 Å². The molecule has 2 heterocycles. The van der Waals surface area contributed by atoms with Crippen molar-refractivity contribution < 1.29 is 14.5 Å². The molecule has 8 nitrogen and oxygen atoms in total. The Morgan fingerprint density at radius 1 is 0.929 bits per heavy atom. The number of Topliss-reactive ketones (excluding diaryl/α,β-unsaturated/α-hetero) is 1. The average molecular weight is 372 g/mol. The number of fused-ring (bicyclic) bond motifs is 3. The Balaban J connectivity index is 1.69. The first kappa shape index (κ1) is 17.2. The van der Waals surface area contributed by atoms with Crippen LogP contribution in [-0.4, -0.2) is 26.6 Å². The molecule has 0 bridgehead atoms. The maximum Gasteiger partial charge on any atom is 0.296 e. The lowest BCUT2D eigenvalue weighted by atomic mass is 10.1. The van der Waals surface area contributed by atoms with E-state index in [2.05, 4.69) is 15.3 Å². The van der Waals surface area contributed by atoms with Gasteiger partial charge >= 0.3 is 0 Å². The van der Waals surface area contributed by atoms with E-state index in [1.807, 2.05) is 6.07 Å². The Morgan fingerprint density at radius 2 is 1.61 bits per heavy atom. The van der Waals surface area contributed by atoms with Crippen molar-refractivity contribution in [2.75, 3.05) is 5.32 Å². The second kappa shape index (κ2) is 6.84. The minimum absolute atomic E-state index is 0.0630. The molecule has 2 aromatic carbocycles. The number of hydrogen-bond acceptors (Lipinski definition) is 6. The van der Waals surface area contributed by atoms with Gasteiger partial charge in [0.05, 0.1) is 21.6 Å². The molecular formula is C20H12N4O4. The topological polar surface area (TPSA) is 115 Å². The first-order valence-electron chi connectivity index (χ1n) is 8.27. The number of aromatic nitrogens is 2. The van der Waals surface area contributed by atoms with E-state index in [1.54, 1.807) is 36.7 Å². The third-order valence-electron chi connectivity index (χ3n) is 4.26. The summed E-state index contributed by atoms with van der Waals surface area (Å²) in [5.74, 6) is -1.64. The molecule has 2 aromatic heterocycles. The van der Waals surface area contributed by atoms with Gasteiger partial charge in [0.2, 0.25) is 0 Å². The van der Waals surface area contributed by atoms with E-state index < -0.39 is 16.6 Å². The summed E-state index contributed by atoms with van der Waals surface area (Å²) in [6.45, 7) is 0. The largest absolute Gasteiger partial charge is 0.318 e. The highest BCUT2D eigenvalue weighted by atomic mass is 16.6. The van der Waals surface area contributed by atoms with Crippen molar-refractivity contribution in [3.8, 4) is 0 Å². The summed E-state index contributed by atoms with van der Waals surface area (Å²) >= 11 is 0. The molecule has 0 fully saturated rings. The van der Waals surface area contributed by atoms with Crippen LogP contribution < -0.4 is 5.32 Å². The van der Waals surface area contributed by atoms with E-state index in [0.29, 0.717) is 22.1 Å². The fourth-order valence-electron chi connectivity index (χ4n) is 2.92. The minimum atomic E-state index is -0.845. The quantitative estimate of drug-likeness (QED) is 0.193. The van der Waals surface area contributed by atoms with Crippen molar-refractivity contribution in [1.82, 2.24) is 9.97 Å². The summed E-state index contributed by atoms with van der Waals surface area (Å²) in [4.78, 5) is 43.7. The number of pyridine rings is 2. The third kappa shape index (κ3) is 3.03. The van der Waals surface area contributed by atoms with Crippen molar-refractivity contribution in [1.29, 1.82) is 0 Å². The Hall–Kier alpha value is -4.20. The molecule has 0 aliphatic carbocycles. The first-order chi connectivity index (χ1) is 13.5. The molecule has 0 atom stereocenters. The van der Waals surface area contributed by atoms with E-state index in [4.69, 9.17) is 0 Å². The predicted molar refractivity (Wildman–Crippen MR) is 103 cm³/mol. The number of carbonyl (C=O) groups excluding carboxylic acids is 2. The molecule has 0 radical (unpaired) electrons. The molecule has 136 valence electrons. The van der Waals surface area contributed by atoms with Crippen molar-refractivity contribution >= 4 is 44.9 Å². The number of non-ortho nitro benzene ring substituents is 1. The number of benzene rings is 2. The summed E-state index contributed by atoms with van der Waals surface area (Å²) in [5.41, 5.74) is 1.64. The molecule has 8 heteroatoms. The minimum Gasteiger partial charge on any atom is -0.318 e. The molecule has 4 rings (SSSR count). The van der Waals surface area contributed by atoms with E-state index in [-0.39, 0.29) is 11.3 Å². The molecule has 0 saturated carbocycles. The lowest BCUT2D eigenvalue weighted by Crippen LogP contribution is -2.23. The molecule has 1 N–H and O–H groups in total. The van der Waals surface area contributed by atoms with Crippen LogP contribution in [0.4, 0.5) is 11.4 Å². The van der Waals surface area contributed by atoms with Crippen LogP contribution in [0.5, 0.6) is 0 Å². The van der Waals surface area contributed by atoms with Crippen LogP contribution in [-0.2, 0) is 4.79 Å². The monoisotopic (exact) mass is 372 g/mol. The van der Waals surface area contributed by atoms with Gasteiger partial charge in [-0.2, -0.15) is 0 Å². The number of nitrogens with zero attached hydrogens (tertiary/aromatic N) is 3. The summed E-state index contributed by atoms with van der Waals surface area (Å²) in [6, 6.07) is 13.7. The smallest absolute Gasteiger partial charge is 0.296 e. The predicted octanol–water partition coefficient (Wildman–Crippen LogP) is 3.51. The molecule has 28 heavy (non-hydrogen) atoms. The van der Waals surface area contributed by atoms with Crippen LogP contribution >= 0.6 is 0 Å². The SMILES string of the molecule is O=C(Nc1cc2cccnc2c2ncccc12)C(=O)c1ccc([N+](=O)[O-])cc1. The maximum atomic E-state index is 12.5. The van der Waals surface area contributed by atoms with Gasteiger partial charge in [-0.3, -0.25) is 29.7 Å². The van der Waals surface area contributed by atoms with E-state index in [1.165, 1.54) is 24.3 Å². The zero-order chi connectivity index (χ0) is 19.7. The number of rotatable bonds is 4. The van der Waals surface area contributed by atoms with Crippen molar-refractivity contribution in [2.45, 2.75) is 0 Å². The van der Waals surface area contributed by atoms with E-state index >= 15 is 0 Å². The molecule has 4 aromatic rings. The van der Waals surface area contributed by atoms with Gasteiger partial charge in [-0.25, -0.2) is 0 Å². The zero-order valence-electron chi connectivity index (χ0n) is 14.3. The van der Waals surface area contributed by atoms with Crippen LogP contribution in [0.3, 0.4) is 0 Å². The highest BCUT2D eigenvalue weighted by Crippen LogP contribution is 2.29. The summed E-state index contributed by atoms with van der Waals surface area (Å²) in [6.07, 6.45) is 3.29. The van der Waals surface area contributed by atoms with Gasteiger partial charge in [-0.15, -0.1) is 0 Å². The van der Waals surface area contributed by atoms with Gasteiger partial charge in [0.1, 0.15) is 0 Å². The summed E-state index contributed by atoms with van der Waals surface area (Å²) < 4.78 is 0. The molecule has 0 spiro atoms. The lowest BCUT2D eigenvalue weighted by molar-refractivity contribution is -0.384. The van der Waals surface area contributed by atoms with Gasteiger partial charge in [0.25, 0.3) is 17.4 Å². The molecule has 0 unspecified atom stereocenters. The van der Waals surface area contributed by atoms with Crippen LogP contribution in [0.25, 0.3) is 21.8 Å². The number of nitro benzene ring substituents is 1.